The zero-order valence-electron chi connectivity index (χ0n) is 32.1. The Morgan fingerprint density at radius 1 is 0.300 bits per heavy atom. The molecule has 0 spiro atoms. The molecule has 3 aromatic heterocycles. The number of fused-ring (bicyclic) bond motifs is 8. The summed E-state index contributed by atoms with van der Waals surface area (Å²) in [6.45, 7) is 0. The molecule has 12 aromatic rings. The monoisotopic (exact) mass is 768 g/mol. The molecular formula is C54H32N4O2. The smallest absolute Gasteiger partial charge is 0.227 e. The van der Waals surface area contributed by atoms with E-state index in [1.807, 2.05) is 60.7 Å². The Morgan fingerprint density at radius 2 is 0.867 bits per heavy atom. The molecule has 9 aromatic carbocycles. The van der Waals surface area contributed by atoms with Crippen LogP contribution in [0.2, 0.25) is 0 Å². The minimum Gasteiger partial charge on any atom is -0.456 e. The van der Waals surface area contributed by atoms with Crippen LogP contribution in [0, 0.1) is 0 Å². The van der Waals surface area contributed by atoms with Crippen molar-refractivity contribution in [2.75, 3.05) is 0 Å². The highest BCUT2D eigenvalue weighted by atomic mass is 16.4. The van der Waals surface area contributed by atoms with Crippen molar-refractivity contribution in [2.45, 2.75) is 0 Å². The van der Waals surface area contributed by atoms with Crippen LogP contribution in [0.4, 0.5) is 0 Å². The fourth-order valence-electron chi connectivity index (χ4n) is 8.42. The highest BCUT2D eigenvalue weighted by molar-refractivity contribution is 6.25. The second-order valence-corrected chi connectivity index (χ2v) is 15.0. The summed E-state index contributed by atoms with van der Waals surface area (Å²) in [5.74, 6) is 2.32. The molecule has 6 heteroatoms. The molecule has 6 nitrogen and oxygen atoms in total. The van der Waals surface area contributed by atoms with Crippen LogP contribution in [0.3, 0.4) is 0 Å². The van der Waals surface area contributed by atoms with E-state index in [9.17, 15) is 0 Å². The van der Waals surface area contributed by atoms with E-state index in [-0.39, 0.29) is 0 Å². The van der Waals surface area contributed by atoms with E-state index in [0.29, 0.717) is 28.9 Å². The Labute approximate surface area is 344 Å². The Morgan fingerprint density at radius 3 is 1.70 bits per heavy atom. The summed E-state index contributed by atoms with van der Waals surface area (Å²) < 4.78 is 12.8. The molecule has 0 fully saturated rings. The van der Waals surface area contributed by atoms with Crippen LogP contribution in [0.25, 0.3) is 122 Å². The summed E-state index contributed by atoms with van der Waals surface area (Å²) in [4.78, 5) is 20.7. The Bertz CT molecular complexity index is 3610. The van der Waals surface area contributed by atoms with Gasteiger partial charge in [0.05, 0.1) is 5.39 Å². The molecule has 0 N–H and O–H groups in total. The molecule has 60 heavy (non-hydrogen) atoms. The molecule has 0 amide bonds. The van der Waals surface area contributed by atoms with Gasteiger partial charge in [0.15, 0.2) is 23.1 Å². The first-order valence-corrected chi connectivity index (χ1v) is 20.0. The van der Waals surface area contributed by atoms with Crippen LogP contribution in [0.1, 0.15) is 0 Å². The van der Waals surface area contributed by atoms with Gasteiger partial charge in [0.1, 0.15) is 16.7 Å². The van der Waals surface area contributed by atoms with Crippen LogP contribution in [-0.2, 0) is 0 Å². The van der Waals surface area contributed by atoms with Crippen LogP contribution < -0.4 is 0 Å². The van der Waals surface area contributed by atoms with E-state index in [2.05, 4.69) is 133 Å². The van der Waals surface area contributed by atoms with Gasteiger partial charge in [-0.15, -0.1) is 0 Å². The summed E-state index contributed by atoms with van der Waals surface area (Å²) in [5, 5.41) is 6.35. The molecule has 0 aliphatic heterocycles. The fraction of sp³-hybridized carbons (Fsp3) is 0. The molecule has 0 atom stereocenters. The van der Waals surface area contributed by atoms with Crippen LogP contribution in [0.15, 0.2) is 203 Å². The number of rotatable bonds is 6. The maximum Gasteiger partial charge on any atom is 0.227 e. The number of hydrogen-bond donors (Lipinski definition) is 0. The van der Waals surface area contributed by atoms with Gasteiger partial charge in [-0.3, -0.25) is 0 Å². The topological polar surface area (TPSA) is 77.8 Å². The summed E-state index contributed by atoms with van der Waals surface area (Å²) >= 11 is 0. The van der Waals surface area contributed by atoms with Gasteiger partial charge in [-0.1, -0.05) is 146 Å². The third-order valence-electron chi connectivity index (χ3n) is 11.3. The maximum atomic E-state index is 6.49. The third-order valence-corrected chi connectivity index (χ3v) is 11.3. The minimum absolute atomic E-state index is 0.568. The molecule has 0 radical (unpaired) electrons. The Kier molecular flexibility index (Phi) is 7.74. The SMILES string of the molecule is c1ccc(-c2nc3c(ccc4oc5ccc6ccc(-c7nc(-c8cccc(-c9ccc%10ccccc%10c9)c8)nc(-c8ccccc8-c8ccccc8)n7)cc6c5c43)o2)cc1. The Hall–Kier alpha value is -8.22. The van der Waals surface area contributed by atoms with Crippen LogP contribution >= 0.6 is 0 Å². The van der Waals surface area contributed by atoms with E-state index in [1.54, 1.807) is 0 Å². The van der Waals surface area contributed by atoms with Gasteiger partial charge < -0.3 is 8.83 Å². The zero-order chi connectivity index (χ0) is 39.6. The first-order valence-electron chi connectivity index (χ1n) is 20.0. The normalized spacial score (nSPS) is 11.7. The number of furan rings is 1. The van der Waals surface area contributed by atoms with Crippen molar-refractivity contribution < 1.29 is 8.83 Å². The van der Waals surface area contributed by atoms with Crippen LogP contribution in [0.5, 0.6) is 0 Å². The number of benzene rings is 9. The predicted octanol–water partition coefficient (Wildman–Crippen LogP) is 14.2. The summed E-state index contributed by atoms with van der Waals surface area (Å²) in [7, 11) is 0. The van der Waals surface area contributed by atoms with Gasteiger partial charge in [0, 0.05) is 27.6 Å². The first kappa shape index (κ1) is 33.9. The number of aromatic nitrogens is 4. The van der Waals surface area contributed by atoms with Crippen molar-refractivity contribution in [1.29, 1.82) is 0 Å². The molecule has 0 aliphatic carbocycles. The molecule has 0 unspecified atom stereocenters. The maximum absolute atomic E-state index is 6.49. The summed E-state index contributed by atoms with van der Waals surface area (Å²) in [5.41, 5.74) is 10.9. The predicted molar refractivity (Wildman–Crippen MR) is 242 cm³/mol. The minimum atomic E-state index is 0.568. The van der Waals surface area contributed by atoms with Gasteiger partial charge in [0.25, 0.3) is 0 Å². The molecule has 0 bridgehead atoms. The molecular weight excluding hydrogens is 737 g/mol. The lowest BCUT2D eigenvalue weighted by Crippen LogP contribution is -2.01. The largest absolute Gasteiger partial charge is 0.456 e. The van der Waals surface area contributed by atoms with Gasteiger partial charge in [-0.2, -0.15) is 0 Å². The van der Waals surface area contributed by atoms with Crippen molar-refractivity contribution in [1.82, 2.24) is 19.9 Å². The molecule has 0 saturated heterocycles. The second kappa shape index (κ2) is 13.7. The lowest BCUT2D eigenvalue weighted by Gasteiger charge is -2.13. The van der Waals surface area contributed by atoms with Gasteiger partial charge in [-0.05, 0) is 92.3 Å². The standard InChI is InChI=1S/C54H32N4O2/c1-3-13-34(14-4-1)42-20-9-10-21-43(42)53-57-51(40-19-11-18-38(31-40)39-24-22-33-12-7-8-17-37(33)30-39)56-52(58-53)41-25-23-35-26-27-45-48(44(35)32-41)49-46(59-45)28-29-47-50(49)55-54(60-47)36-15-5-2-6-16-36/h1-32H. The van der Waals surface area contributed by atoms with E-state index < -0.39 is 0 Å². The van der Waals surface area contributed by atoms with Crippen molar-refractivity contribution in [3.63, 3.8) is 0 Å². The van der Waals surface area contributed by atoms with Gasteiger partial charge in [-0.25, -0.2) is 19.9 Å². The van der Waals surface area contributed by atoms with Crippen molar-refractivity contribution >= 4 is 54.6 Å². The fourth-order valence-corrected chi connectivity index (χ4v) is 8.42. The van der Waals surface area contributed by atoms with Crippen molar-refractivity contribution in [3.8, 4) is 67.9 Å². The van der Waals surface area contributed by atoms with Crippen molar-refractivity contribution in [2.24, 2.45) is 0 Å². The highest BCUT2D eigenvalue weighted by Gasteiger charge is 2.20. The lowest BCUT2D eigenvalue weighted by molar-refractivity contribution is 0.619. The number of oxazole rings is 1. The molecule has 0 saturated carbocycles. The molecule has 3 heterocycles. The second-order valence-electron chi connectivity index (χ2n) is 15.0. The number of nitrogens with zero attached hydrogens (tertiary/aromatic N) is 4. The first-order chi connectivity index (χ1) is 29.7. The van der Waals surface area contributed by atoms with Gasteiger partial charge in [0.2, 0.25) is 5.89 Å². The molecule has 280 valence electrons. The zero-order valence-corrected chi connectivity index (χ0v) is 32.1. The summed E-state index contributed by atoms with van der Waals surface area (Å²) in [6.07, 6.45) is 0. The van der Waals surface area contributed by atoms with E-state index in [4.69, 9.17) is 28.8 Å². The average molecular weight is 769 g/mol. The lowest BCUT2D eigenvalue weighted by atomic mass is 9.98. The highest BCUT2D eigenvalue weighted by Crippen LogP contribution is 2.41. The molecule has 0 aliphatic rings. The van der Waals surface area contributed by atoms with Gasteiger partial charge >= 0.3 is 0 Å². The number of hydrogen-bond acceptors (Lipinski definition) is 6. The third kappa shape index (κ3) is 5.73. The van der Waals surface area contributed by atoms with Crippen LogP contribution in [-0.4, -0.2) is 19.9 Å². The van der Waals surface area contributed by atoms with Crippen molar-refractivity contribution in [3.05, 3.63) is 194 Å². The average Bonchev–Trinajstić information content (AvgIpc) is 3.94. The van der Waals surface area contributed by atoms with E-state index in [0.717, 1.165) is 82.7 Å². The molecule has 12 rings (SSSR count). The summed E-state index contributed by atoms with van der Waals surface area (Å²) in [6, 6.07) is 66.5. The van der Waals surface area contributed by atoms with E-state index >= 15 is 0 Å². The van der Waals surface area contributed by atoms with E-state index in [1.165, 1.54) is 10.8 Å². The quantitative estimate of drug-likeness (QED) is 0.168. The Balaban J connectivity index is 1.06.